The van der Waals surface area contributed by atoms with Gasteiger partial charge < -0.3 is 14.4 Å². The summed E-state index contributed by atoms with van der Waals surface area (Å²) in [6.07, 6.45) is 1.49. The molecule has 0 saturated heterocycles. The van der Waals surface area contributed by atoms with Crippen LogP contribution in [0.15, 0.2) is 23.8 Å². The molecule has 5 nitrogen and oxygen atoms in total. The molecule has 0 aliphatic carbocycles. The third kappa shape index (κ3) is 3.26. The van der Waals surface area contributed by atoms with Crippen LogP contribution in [0.25, 0.3) is 6.08 Å². The number of nitrogens with zero attached hydrogens (tertiary/aromatic N) is 2. The summed E-state index contributed by atoms with van der Waals surface area (Å²) in [5.41, 5.74) is 0.658. The highest BCUT2D eigenvalue weighted by molar-refractivity contribution is 6.01. The first-order valence-electron chi connectivity index (χ1n) is 5.59. The number of nitriles is 1. The van der Waals surface area contributed by atoms with Crippen LogP contribution in [0, 0.1) is 11.3 Å². The highest BCUT2D eigenvalue weighted by Gasteiger charge is 2.14. The van der Waals surface area contributed by atoms with Gasteiger partial charge in [-0.25, -0.2) is 0 Å². The summed E-state index contributed by atoms with van der Waals surface area (Å²) in [6, 6.07) is 7.16. The number of amides is 1. The normalized spacial score (nSPS) is 10.6. The first kappa shape index (κ1) is 14.6. The molecule has 0 bridgehead atoms. The molecular formula is C14H16N2O3. The number of methoxy groups -OCH3 is 2. The average Bonchev–Trinajstić information content (AvgIpc) is 2.43. The lowest BCUT2D eigenvalue weighted by molar-refractivity contribution is -0.124. The number of rotatable bonds is 4. The van der Waals surface area contributed by atoms with Gasteiger partial charge in [0, 0.05) is 19.7 Å². The molecule has 0 radical (unpaired) electrons. The van der Waals surface area contributed by atoms with Gasteiger partial charge in [0.1, 0.15) is 11.6 Å². The number of likely N-dealkylation sites (N-methyl/N-ethyl adjacent to an activating group) is 1. The standard InChI is InChI=1S/C14H16N2O3/c1-16(2)14(17)11(9-15)8-10-6-5-7-12(18-3)13(10)19-4/h5-8H,1-4H3/b11-8+. The van der Waals surface area contributed by atoms with Crippen molar-refractivity contribution in [3.8, 4) is 17.6 Å². The van der Waals surface area contributed by atoms with E-state index in [0.29, 0.717) is 17.1 Å². The van der Waals surface area contributed by atoms with Crippen molar-refractivity contribution in [3.05, 3.63) is 29.3 Å². The predicted molar refractivity (Wildman–Crippen MR) is 71.8 cm³/mol. The highest BCUT2D eigenvalue weighted by atomic mass is 16.5. The Kier molecular flexibility index (Phi) is 4.95. The fourth-order valence-electron chi connectivity index (χ4n) is 1.56. The van der Waals surface area contributed by atoms with E-state index in [1.807, 2.05) is 6.07 Å². The molecule has 0 spiro atoms. The van der Waals surface area contributed by atoms with Crippen molar-refractivity contribution in [2.45, 2.75) is 0 Å². The molecular weight excluding hydrogens is 244 g/mol. The van der Waals surface area contributed by atoms with E-state index >= 15 is 0 Å². The zero-order valence-electron chi connectivity index (χ0n) is 11.4. The number of carbonyl (C=O) groups excluding carboxylic acids is 1. The summed E-state index contributed by atoms with van der Waals surface area (Å²) in [5.74, 6) is 0.683. The number of benzene rings is 1. The van der Waals surface area contributed by atoms with Gasteiger partial charge in [-0.15, -0.1) is 0 Å². The lowest BCUT2D eigenvalue weighted by Crippen LogP contribution is -2.22. The van der Waals surface area contributed by atoms with Crippen molar-refractivity contribution in [3.63, 3.8) is 0 Å². The minimum absolute atomic E-state index is 0.0385. The van der Waals surface area contributed by atoms with E-state index < -0.39 is 0 Å². The zero-order chi connectivity index (χ0) is 14.4. The summed E-state index contributed by atoms with van der Waals surface area (Å²) in [5, 5.41) is 9.06. The molecule has 1 aromatic rings. The number of carbonyl (C=O) groups is 1. The second-order valence-electron chi connectivity index (χ2n) is 3.95. The van der Waals surface area contributed by atoms with E-state index in [0.717, 1.165) is 0 Å². The van der Waals surface area contributed by atoms with Crippen LogP contribution in [0.1, 0.15) is 5.56 Å². The Bertz CT molecular complexity index is 542. The van der Waals surface area contributed by atoms with Gasteiger partial charge in [-0.05, 0) is 12.1 Å². The molecule has 0 heterocycles. The molecule has 19 heavy (non-hydrogen) atoms. The maximum absolute atomic E-state index is 11.8. The minimum Gasteiger partial charge on any atom is -0.493 e. The second kappa shape index (κ2) is 6.45. The van der Waals surface area contributed by atoms with E-state index in [1.54, 1.807) is 32.3 Å². The van der Waals surface area contributed by atoms with Crippen LogP contribution in [0.4, 0.5) is 0 Å². The van der Waals surface area contributed by atoms with Gasteiger partial charge in [-0.2, -0.15) is 5.26 Å². The van der Waals surface area contributed by atoms with Crippen molar-refractivity contribution in [1.82, 2.24) is 4.90 Å². The summed E-state index contributed by atoms with van der Waals surface area (Å²) in [6.45, 7) is 0. The van der Waals surface area contributed by atoms with Crippen LogP contribution in [0.2, 0.25) is 0 Å². The molecule has 0 N–H and O–H groups in total. The third-order valence-electron chi connectivity index (χ3n) is 2.49. The largest absolute Gasteiger partial charge is 0.493 e. The lowest BCUT2D eigenvalue weighted by atomic mass is 10.1. The topological polar surface area (TPSA) is 62.6 Å². The fourth-order valence-corrected chi connectivity index (χ4v) is 1.56. The minimum atomic E-state index is -0.354. The van der Waals surface area contributed by atoms with Gasteiger partial charge in [-0.3, -0.25) is 4.79 Å². The van der Waals surface area contributed by atoms with Crippen LogP contribution in [-0.2, 0) is 4.79 Å². The number of ether oxygens (including phenoxy) is 2. The van der Waals surface area contributed by atoms with E-state index in [9.17, 15) is 4.79 Å². The molecule has 0 aliphatic heterocycles. The Hall–Kier alpha value is -2.48. The Morgan fingerprint density at radius 3 is 2.47 bits per heavy atom. The Morgan fingerprint density at radius 1 is 1.32 bits per heavy atom. The molecule has 5 heteroatoms. The average molecular weight is 260 g/mol. The monoisotopic (exact) mass is 260 g/mol. The first-order valence-corrected chi connectivity index (χ1v) is 5.59. The van der Waals surface area contributed by atoms with Gasteiger partial charge in [0.05, 0.1) is 14.2 Å². The molecule has 1 amide bonds. The quantitative estimate of drug-likeness (QED) is 0.610. The van der Waals surface area contributed by atoms with E-state index in [4.69, 9.17) is 14.7 Å². The Balaban J connectivity index is 3.31. The van der Waals surface area contributed by atoms with Gasteiger partial charge in [0.15, 0.2) is 11.5 Å². The highest BCUT2D eigenvalue weighted by Crippen LogP contribution is 2.32. The molecule has 0 aromatic heterocycles. The van der Waals surface area contributed by atoms with Crippen LogP contribution >= 0.6 is 0 Å². The summed E-state index contributed by atoms with van der Waals surface area (Å²) in [4.78, 5) is 13.1. The van der Waals surface area contributed by atoms with Crippen molar-refractivity contribution < 1.29 is 14.3 Å². The van der Waals surface area contributed by atoms with E-state index in [1.165, 1.54) is 25.2 Å². The summed E-state index contributed by atoms with van der Waals surface area (Å²) >= 11 is 0. The van der Waals surface area contributed by atoms with Gasteiger partial charge in [0.2, 0.25) is 0 Å². The van der Waals surface area contributed by atoms with Crippen LogP contribution in [0.5, 0.6) is 11.5 Å². The predicted octanol–water partition coefficient (Wildman–Crippen LogP) is 1.70. The Morgan fingerprint density at radius 2 is 2.00 bits per heavy atom. The van der Waals surface area contributed by atoms with Crippen LogP contribution in [-0.4, -0.2) is 39.1 Å². The van der Waals surface area contributed by atoms with Gasteiger partial charge >= 0.3 is 0 Å². The van der Waals surface area contributed by atoms with Crippen molar-refractivity contribution in [2.75, 3.05) is 28.3 Å². The second-order valence-corrected chi connectivity index (χ2v) is 3.95. The fraction of sp³-hybridized carbons (Fsp3) is 0.286. The summed E-state index contributed by atoms with van der Waals surface area (Å²) < 4.78 is 10.4. The van der Waals surface area contributed by atoms with Crippen molar-refractivity contribution in [2.24, 2.45) is 0 Å². The van der Waals surface area contributed by atoms with Crippen molar-refractivity contribution >= 4 is 12.0 Å². The van der Waals surface area contributed by atoms with Gasteiger partial charge in [0.25, 0.3) is 5.91 Å². The SMILES string of the molecule is COc1cccc(/C=C(\C#N)C(=O)N(C)C)c1OC. The van der Waals surface area contributed by atoms with Crippen LogP contribution in [0.3, 0.4) is 0 Å². The molecule has 0 aliphatic rings. The molecule has 100 valence electrons. The zero-order valence-corrected chi connectivity index (χ0v) is 11.4. The molecule has 0 fully saturated rings. The number of para-hydroxylation sites is 1. The molecule has 1 rings (SSSR count). The Labute approximate surface area is 112 Å². The molecule has 1 aromatic carbocycles. The van der Waals surface area contributed by atoms with Crippen LogP contribution < -0.4 is 9.47 Å². The van der Waals surface area contributed by atoms with E-state index in [2.05, 4.69) is 0 Å². The van der Waals surface area contributed by atoms with Crippen molar-refractivity contribution in [1.29, 1.82) is 5.26 Å². The first-order chi connectivity index (χ1) is 9.04. The molecule has 0 atom stereocenters. The molecule has 0 unspecified atom stereocenters. The van der Waals surface area contributed by atoms with Gasteiger partial charge in [-0.1, -0.05) is 12.1 Å². The maximum Gasteiger partial charge on any atom is 0.264 e. The number of hydrogen-bond donors (Lipinski definition) is 0. The molecule has 0 saturated carbocycles. The lowest BCUT2D eigenvalue weighted by Gasteiger charge is -2.12. The smallest absolute Gasteiger partial charge is 0.264 e. The summed E-state index contributed by atoms with van der Waals surface area (Å²) in [7, 11) is 6.23. The maximum atomic E-state index is 11.8. The van der Waals surface area contributed by atoms with E-state index in [-0.39, 0.29) is 11.5 Å². The third-order valence-corrected chi connectivity index (χ3v) is 2.49. The number of hydrogen-bond acceptors (Lipinski definition) is 4.